The van der Waals surface area contributed by atoms with E-state index in [1.165, 1.54) is 12.1 Å². The van der Waals surface area contributed by atoms with Crippen LogP contribution in [0.25, 0.3) is 22.7 Å². The number of para-hydroxylation sites is 2. The molecule has 1 heterocycles. The normalized spacial score (nSPS) is 11.9. The van der Waals surface area contributed by atoms with Crippen LogP contribution >= 0.6 is 0 Å². The van der Waals surface area contributed by atoms with E-state index in [4.69, 9.17) is 4.18 Å². The zero-order chi connectivity index (χ0) is 21.1. The van der Waals surface area contributed by atoms with E-state index in [1.807, 2.05) is 31.2 Å². The molecule has 0 spiro atoms. The van der Waals surface area contributed by atoms with E-state index < -0.39 is 10.1 Å². The summed E-state index contributed by atoms with van der Waals surface area (Å²) in [7, 11) is -3.91. The first-order valence-electron chi connectivity index (χ1n) is 9.13. The predicted octanol–water partition coefficient (Wildman–Crippen LogP) is 4.70. The molecular weight excluding hydrogens is 398 g/mol. The van der Waals surface area contributed by atoms with Gasteiger partial charge in [0.05, 0.1) is 16.6 Å². The molecule has 4 rings (SSSR count). The zero-order valence-electron chi connectivity index (χ0n) is 16.0. The highest BCUT2D eigenvalue weighted by molar-refractivity contribution is 7.87. The predicted molar refractivity (Wildman–Crippen MR) is 115 cm³/mol. The van der Waals surface area contributed by atoms with E-state index in [0.717, 1.165) is 16.6 Å². The van der Waals surface area contributed by atoms with Crippen LogP contribution in [0, 0.1) is 18.3 Å². The maximum atomic E-state index is 12.4. The van der Waals surface area contributed by atoms with Crippen molar-refractivity contribution in [3.8, 4) is 11.8 Å². The first kappa shape index (κ1) is 19.4. The summed E-state index contributed by atoms with van der Waals surface area (Å²) in [6.07, 6.45) is 1.68. The van der Waals surface area contributed by atoms with Gasteiger partial charge in [0.1, 0.15) is 22.5 Å². The van der Waals surface area contributed by atoms with Crippen LogP contribution in [-0.4, -0.2) is 18.4 Å². The summed E-state index contributed by atoms with van der Waals surface area (Å²) < 4.78 is 30.0. The number of aryl methyl sites for hydroxylation is 1. The van der Waals surface area contributed by atoms with Crippen molar-refractivity contribution in [2.24, 2.45) is 0 Å². The molecule has 148 valence electrons. The maximum absolute atomic E-state index is 12.4. The number of fused-ring (bicyclic) bond motifs is 1. The molecule has 0 aliphatic carbocycles. The molecule has 0 unspecified atom stereocenters. The highest BCUT2D eigenvalue weighted by atomic mass is 32.2. The fourth-order valence-electron chi connectivity index (χ4n) is 2.90. The number of benzene rings is 3. The molecule has 30 heavy (non-hydrogen) atoms. The summed E-state index contributed by atoms with van der Waals surface area (Å²) in [5, 5.41) is 9.54. The van der Waals surface area contributed by atoms with Gasteiger partial charge in [0.2, 0.25) is 0 Å². The van der Waals surface area contributed by atoms with Crippen molar-refractivity contribution in [3.63, 3.8) is 0 Å². The molecule has 0 aliphatic heterocycles. The second-order valence-corrected chi connectivity index (χ2v) is 8.24. The summed E-state index contributed by atoms with van der Waals surface area (Å²) in [4.78, 5) is 7.65. The van der Waals surface area contributed by atoms with Crippen LogP contribution in [0.3, 0.4) is 0 Å². The third kappa shape index (κ3) is 4.09. The molecule has 0 amide bonds. The van der Waals surface area contributed by atoms with Crippen molar-refractivity contribution in [1.29, 1.82) is 5.26 Å². The molecular formula is C23H17N3O3S. The van der Waals surface area contributed by atoms with Crippen LogP contribution in [0.1, 0.15) is 17.0 Å². The van der Waals surface area contributed by atoms with Crippen LogP contribution in [0.4, 0.5) is 0 Å². The Morgan fingerprint density at radius 2 is 1.73 bits per heavy atom. The Kier molecular flexibility index (Phi) is 5.09. The number of allylic oxidation sites excluding steroid dienone is 1. The number of H-pyrrole nitrogens is 1. The van der Waals surface area contributed by atoms with Gasteiger partial charge in [-0.05, 0) is 55.0 Å². The van der Waals surface area contributed by atoms with E-state index >= 15 is 0 Å². The lowest BCUT2D eigenvalue weighted by Crippen LogP contribution is -2.09. The Labute approximate surface area is 174 Å². The Morgan fingerprint density at radius 1 is 1.03 bits per heavy atom. The van der Waals surface area contributed by atoms with Gasteiger partial charge in [-0.1, -0.05) is 42.0 Å². The molecule has 4 aromatic rings. The second kappa shape index (κ2) is 7.85. The summed E-state index contributed by atoms with van der Waals surface area (Å²) >= 11 is 0. The van der Waals surface area contributed by atoms with Gasteiger partial charge in [-0.3, -0.25) is 0 Å². The van der Waals surface area contributed by atoms with E-state index in [2.05, 4.69) is 16.0 Å². The topological polar surface area (TPSA) is 95.8 Å². The monoisotopic (exact) mass is 415 g/mol. The average Bonchev–Trinajstić information content (AvgIpc) is 3.17. The highest BCUT2D eigenvalue weighted by Gasteiger charge is 2.16. The van der Waals surface area contributed by atoms with Crippen LogP contribution in [0.15, 0.2) is 77.7 Å². The van der Waals surface area contributed by atoms with Crippen molar-refractivity contribution in [3.05, 3.63) is 89.7 Å². The van der Waals surface area contributed by atoms with E-state index in [9.17, 15) is 13.7 Å². The molecule has 0 radical (unpaired) electrons. The largest absolute Gasteiger partial charge is 0.379 e. The number of nitrogens with one attached hydrogen (secondary N) is 1. The van der Waals surface area contributed by atoms with Crippen LogP contribution in [0.5, 0.6) is 5.75 Å². The number of nitriles is 1. The molecule has 1 aromatic heterocycles. The molecule has 3 aromatic carbocycles. The van der Waals surface area contributed by atoms with Gasteiger partial charge in [0.15, 0.2) is 0 Å². The molecule has 6 nitrogen and oxygen atoms in total. The van der Waals surface area contributed by atoms with Crippen molar-refractivity contribution in [2.75, 3.05) is 0 Å². The zero-order valence-corrected chi connectivity index (χ0v) is 16.8. The standard InChI is InChI=1S/C23H17N3O3S/c1-16-6-12-20(13-7-16)30(27,28)29-19-10-8-17(9-11-19)14-18(15-24)23-25-21-4-2-3-5-22(21)26-23/h2-14H,1H3,(H,25,26)/b18-14+. The third-order valence-electron chi connectivity index (χ3n) is 4.47. The minimum atomic E-state index is -3.91. The molecule has 0 bridgehead atoms. The lowest BCUT2D eigenvalue weighted by Gasteiger charge is -2.07. The lowest BCUT2D eigenvalue weighted by molar-refractivity contribution is 0.486. The summed E-state index contributed by atoms with van der Waals surface area (Å²) in [6.45, 7) is 1.88. The van der Waals surface area contributed by atoms with Gasteiger partial charge in [-0.15, -0.1) is 0 Å². The van der Waals surface area contributed by atoms with Gasteiger partial charge in [0.25, 0.3) is 0 Å². The molecule has 0 fully saturated rings. The Balaban J connectivity index is 1.56. The first-order chi connectivity index (χ1) is 14.4. The van der Waals surface area contributed by atoms with Crippen molar-refractivity contribution < 1.29 is 12.6 Å². The fraction of sp³-hybridized carbons (Fsp3) is 0.0435. The number of aromatic nitrogens is 2. The number of imidazole rings is 1. The average molecular weight is 415 g/mol. The SMILES string of the molecule is Cc1ccc(S(=O)(=O)Oc2ccc(/C=C(\C#N)c3nc4ccccc4[nH]3)cc2)cc1. The van der Waals surface area contributed by atoms with Crippen LogP contribution < -0.4 is 4.18 Å². The minimum Gasteiger partial charge on any atom is -0.379 e. The number of rotatable bonds is 5. The van der Waals surface area contributed by atoms with Gasteiger partial charge < -0.3 is 9.17 Å². The van der Waals surface area contributed by atoms with E-state index in [1.54, 1.807) is 42.5 Å². The Hall–Kier alpha value is -3.89. The van der Waals surface area contributed by atoms with Crippen LogP contribution in [-0.2, 0) is 10.1 Å². The van der Waals surface area contributed by atoms with Gasteiger partial charge >= 0.3 is 10.1 Å². The number of aromatic amines is 1. The minimum absolute atomic E-state index is 0.0914. The Morgan fingerprint density at radius 3 is 2.40 bits per heavy atom. The maximum Gasteiger partial charge on any atom is 0.339 e. The lowest BCUT2D eigenvalue weighted by atomic mass is 10.1. The second-order valence-electron chi connectivity index (χ2n) is 6.69. The highest BCUT2D eigenvalue weighted by Crippen LogP contribution is 2.23. The van der Waals surface area contributed by atoms with Gasteiger partial charge in [-0.25, -0.2) is 4.98 Å². The van der Waals surface area contributed by atoms with Crippen LogP contribution in [0.2, 0.25) is 0 Å². The molecule has 0 atom stereocenters. The summed E-state index contributed by atoms with van der Waals surface area (Å²) in [5.74, 6) is 0.663. The summed E-state index contributed by atoms with van der Waals surface area (Å²) in [5.41, 5.74) is 3.67. The summed E-state index contributed by atoms with van der Waals surface area (Å²) in [6, 6.07) is 22.6. The third-order valence-corrected chi connectivity index (χ3v) is 5.73. The quantitative estimate of drug-likeness (QED) is 0.376. The number of hydrogen-bond donors (Lipinski definition) is 1. The van der Waals surface area contributed by atoms with Gasteiger partial charge in [-0.2, -0.15) is 13.7 Å². The molecule has 1 N–H and O–H groups in total. The van der Waals surface area contributed by atoms with Crippen molar-refractivity contribution >= 4 is 32.8 Å². The fourth-order valence-corrected chi connectivity index (χ4v) is 3.83. The van der Waals surface area contributed by atoms with Crippen molar-refractivity contribution in [1.82, 2.24) is 9.97 Å². The molecule has 0 saturated carbocycles. The van der Waals surface area contributed by atoms with E-state index in [-0.39, 0.29) is 10.6 Å². The Bertz CT molecular complexity index is 1350. The molecule has 7 heteroatoms. The number of hydrogen-bond acceptors (Lipinski definition) is 5. The smallest absolute Gasteiger partial charge is 0.339 e. The van der Waals surface area contributed by atoms with Crippen molar-refractivity contribution in [2.45, 2.75) is 11.8 Å². The molecule has 0 saturated heterocycles. The number of nitrogens with zero attached hydrogens (tertiary/aromatic N) is 2. The van der Waals surface area contributed by atoms with Gasteiger partial charge in [0, 0.05) is 0 Å². The molecule has 0 aliphatic rings. The first-order valence-corrected chi connectivity index (χ1v) is 10.5. The van der Waals surface area contributed by atoms with E-state index in [0.29, 0.717) is 17.0 Å².